The van der Waals surface area contributed by atoms with Gasteiger partial charge in [0.25, 0.3) is 6.47 Å². The lowest BCUT2D eigenvalue weighted by atomic mass is 9.89. The van der Waals surface area contributed by atoms with Gasteiger partial charge in [-0.1, -0.05) is 57.8 Å². The molecule has 0 heterocycles. The Balaban J connectivity index is 1.65. The fourth-order valence-corrected chi connectivity index (χ4v) is 5.52. The largest absolute Gasteiger partial charge is 0.425 e. The van der Waals surface area contributed by atoms with Crippen LogP contribution in [0.1, 0.15) is 96.3 Å². The Kier molecular flexibility index (Phi) is 9.36. The lowest BCUT2D eigenvalue weighted by Crippen LogP contribution is -2.26. The Bertz CT molecular complexity index is 937. The predicted molar refractivity (Wildman–Crippen MR) is 130 cm³/mol. The van der Waals surface area contributed by atoms with Crippen LogP contribution in [0.2, 0.25) is 0 Å². The van der Waals surface area contributed by atoms with Crippen molar-refractivity contribution < 1.29 is 38.1 Å². The third kappa shape index (κ3) is 6.65. The molecule has 0 saturated heterocycles. The molecular formula is C28H36O8. The fraction of sp³-hybridized carbons (Fsp3) is 0.643. The number of benzene rings is 1. The normalized spacial score (nSPS) is 19.8. The number of esters is 3. The van der Waals surface area contributed by atoms with Crippen molar-refractivity contribution >= 4 is 24.4 Å². The van der Waals surface area contributed by atoms with Gasteiger partial charge in [-0.3, -0.25) is 19.2 Å². The summed E-state index contributed by atoms with van der Waals surface area (Å²) in [5, 5.41) is 0. The molecule has 0 atom stereocenters. The predicted octanol–water partition coefficient (Wildman–Crippen LogP) is 5.68. The first-order valence-corrected chi connectivity index (χ1v) is 13.5. The molecule has 1 aromatic carbocycles. The average molecular weight is 501 g/mol. The van der Waals surface area contributed by atoms with E-state index in [1.807, 2.05) is 0 Å². The van der Waals surface area contributed by atoms with E-state index >= 15 is 0 Å². The fourth-order valence-electron chi connectivity index (χ4n) is 5.52. The molecule has 36 heavy (non-hydrogen) atoms. The molecule has 0 aliphatic heterocycles. The van der Waals surface area contributed by atoms with Crippen LogP contribution in [0.3, 0.4) is 0 Å². The SMILES string of the molecule is O=COc1ccc(OC(=O)C2CCCCC2)c(OC(=O)C2CCCCC2)c1OC(=O)C1CCCCC1. The Morgan fingerprint density at radius 2 is 0.917 bits per heavy atom. The lowest BCUT2D eigenvalue weighted by Gasteiger charge is -2.24. The highest BCUT2D eigenvalue weighted by molar-refractivity contribution is 5.83. The van der Waals surface area contributed by atoms with Crippen LogP contribution < -0.4 is 18.9 Å². The monoisotopic (exact) mass is 500 g/mol. The molecule has 0 unspecified atom stereocenters. The minimum atomic E-state index is -0.476. The van der Waals surface area contributed by atoms with Gasteiger partial charge in [-0.25, -0.2) is 0 Å². The molecule has 1 aromatic rings. The molecule has 0 spiro atoms. The quantitative estimate of drug-likeness (QED) is 0.255. The summed E-state index contributed by atoms with van der Waals surface area (Å²) in [5.74, 6) is -2.64. The maximum absolute atomic E-state index is 13.1. The number of rotatable bonds is 8. The van der Waals surface area contributed by atoms with Gasteiger partial charge in [-0.15, -0.1) is 0 Å². The van der Waals surface area contributed by atoms with Crippen LogP contribution in [0.25, 0.3) is 0 Å². The first-order valence-electron chi connectivity index (χ1n) is 13.5. The van der Waals surface area contributed by atoms with E-state index in [2.05, 4.69) is 0 Å². The Labute approximate surface area is 212 Å². The molecule has 3 aliphatic carbocycles. The smallest absolute Gasteiger partial charge is 0.314 e. The van der Waals surface area contributed by atoms with Crippen LogP contribution in [0.5, 0.6) is 23.0 Å². The van der Waals surface area contributed by atoms with E-state index < -0.39 is 17.9 Å². The van der Waals surface area contributed by atoms with E-state index in [1.165, 1.54) is 12.1 Å². The number of hydrogen-bond acceptors (Lipinski definition) is 8. The second-order valence-corrected chi connectivity index (χ2v) is 10.2. The van der Waals surface area contributed by atoms with E-state index in [0.717, 1.165) is 70.6 Å². The highest BCUT2D eigenvalue weighted by Gasteiger charge is 2.32. The van der Waals surface area contributed by atoms with Crippen molar-refractivity contribution in [2.24, 2.45) is 17.8 Å². The zero-order chi connectivity index (χ0) is 25.3. The standard InChI is InChI=1S/C28H36O8/c29-18-33-22-16-17-23(34-26(30)19-10-4-1-5-11-19)25(36-28(32)21-14-8-3-9-15-21)24(22)35-27(31)20-12-6-2-7-13-20/h16-21H,1-15H2. The van der Waals surface area contributed by atoms with E-state index in [-0.39, 0.29) is 47.2 Å². The van der Waals surface area contributed by atoms with Gasteiger partial charge in [0.15, 0.2) is 11.5 Å². The molecular weight excluding hydrogens is 464 g/mol. The summed E-state index contributed by atoms with van der Waals surface area (Å²) < 4.78 is 22.3. The van der Waals surface area contributed by atoms with Crippen LogP contribution in [0.4, 0.5) is 0 Å². The summed E-state index contributed by atoms with van der Waals surface area (Å²) in [6.07, 6.45) is 13.2. The third-order valence-corrected chi connectivity index (χ3v) is 7.65. The van der Waals surface area contributed by atoms with Gasteiger partial charge < -0.3 is 18.9 Å². The van der Waals surface area contributed by atoms with E-state index in [0.29, 0.717) is 25.7 Å². The van der Waals surface area contributed by atoms with Crippen LogP contribution in [0.15, 0.2) is 12.1 Å². The Morgan fingerprint density at radius 3 is 1.33 bits per heavy atom. The second-order valence-electron chi connectivity index (χ2n) is 10.2. The molecule has 0 N–H and O–H groups in total. The van der Waals surface area contributed by atoms with Crippen molar-refractivity contribution in [3.8, 4) is 23.0 Å². The van der Waals surface area contributed by atoms with E-state index in [4.69, 9.17) is 18.9 Å². The van der Waals surface area contributed by atoms with Crippen molar-refractivity contribution in [1.82, 2.24) is 0 Å². The van der Waals surface area contributed by atoms with Gasteiger partial charge in [0, 0.05) is 0 Å². The van der Waals surface area contributed by atoms with Gasteiger partial charge in [0.1, 0.15) is 0 Å². The second kappa shape index (κ2) is 12.9. The summed E-state index contributed by atoms with van der Waals surface area (Å²) in [6, 6.07) is 2.81. The molecule has 0 amide bonds. The minimum absolute atomic E-state index is 0.0144. The van der Waals surface area contributed by atoms with Gasteiger partial charge in [-0.2, -0.15) is 0 Å². The summed E-state index contributed by atoms with van der Waals surface area (Å²) >= 11 is 0. The molecule has 3 saturated carbocycles. The van der Waals surface area contributed by atoms with E-state index in [9.17, 15) is 19.2 Å². The van der Waals surface area contributed by atoms with Crippen LogP contribution in [0, 0.1) is 17.8 Å². The van der Waals surface area contributed by atoms with Gasteiger partial charge in [0.2, 0.25) is 11.5 Å². The van der Waals surface area contributed by atoms with Gasteiger partial charge >= 0.3 is 17.9 Å². The number of carbonyl (C=O) groups excluding carboxylic acids is 4. The number of hydrogen-bond donors (Lipinski definition) is 0. The maximum atomic E-state index is 13.1. The molecule has 3 fully saturated rings. The summed E-state index contributed by atoms with van der Waals surface area (Å²) in [6.45, 7) is 0.216. The van der Waals surface area contributed by atoms with Crippen LogP contribution >= 0.6 is 0 Å². The summed E-state index contributed by atoms with van der Waals surface area (Å²) in [7, 11) is 0. The molecule has 0 radical (unpaired) electrons. The molecule has 0 bridgehead atoms. The van der Waals surface area contributed by atoms with E-state index in [1.54, 1.807) is 0 Å². The van der Waals surface area contributed by atoms with Crippen molar-refractivity contribution in [2.45, 2.75) is 96.3 Å². The van der Waals surface area contributed by atoms with Crippen molar-refractivity contribution in [1.29, 1.82) is 0 Å². The Hall–Kier alpha value is -2.90. The molecule has 3 aliphatic rings. The van der Waals surface area contributed by atoms with Crippen molar-refractivity contribution in [2.75, 3.05) is 0 Å². The first kappa shape index (κ1) is 26.2. The van der Waals surface area contributed by atoms with Gasteiger partial charge in [-0.05, 0) is 50.7 Å². The average Bonchev–Trinajstić information content (AvgIpc) is 2.93. The molecule has 0 aromatic heterocycles. The number of carbonyl (C=O) groups is 4. The highest BCUT2D eigenvalue weighted by atomic mass is 16.6. The zero-order valence-corrected chi connectivity index (χ0v) is 20.8. The van der Waals surface area contributed by atoms with Crippen molar-refractivity contribution in [3.63, 3.8) is 0 Å². The maximum Gasteiger partial charge on any atom is 0.314 e. The zero-order valence-electron chi connectivity index (χ0n) is 20.8. The van der Waals surface area contributed by atoms with Crippen LogP contribution in [-0.2, 0) is 19.2 Å². The molecule has 8 heteroatoms. The first-order chi connectivity index (χ1) is 17.6. The molecule has 196 valence electrons. The Morgan fingerprint density at radius 1 is 0.556 bits per heavy atom. The minimum Gasteiger partial charge on any atom is -0.425 e. The summed E-state index contributed by atoms with van der Waals surface area (Å²) in [5.41, 5.74) is 0. The lowest BCUT2D eigenvalue weighted by molar-refractivity contribution is -0.144. The topological polar surface area (TPSA) is 105 Å². The third-order valence-electron chi connectivity index (χ3n) is 7.65. The highest BCUT2D eigenvalue weighted by Crippen LogP contribution is 2.46. The summed E-state index contributed by atoms with van der Waals surface area (Å²) in [4.78, 5) is 50.3. The van der Waals surface area contributed by atoms with Gasteiger partial charge in [0.05, 0.1) is 17.8 Å². The molecule has 4 rings (SSSR count). The van der Waals surface area contributed by atoms with Crippen LogP contribution in [-0.4, -0.2) is 24.4 Å². The molecule has 8 nitrogen and oxygen atoms in total. The number of ether oxygens (including phenoxy) is 4. The van der Waals surface area contributed by atoms with Crippen molar-refractivity contribution in [3.05, 3.63) is 12.1 Å².